The Morgan fingerprint density at radius 2 is 2.20 bits per heavy atom. The number of rotatable bonds is 2. The molecular formula is C15H23N3O2. The summed E-state index contributed by atoms with van der Waals surface area (Å²) in [5.41, 5.74) is 2.15. The molecular weight excluding hydrogens is 254 g/mol. The highest BCUT2D eigenvalue weighted by molar-refractivity contribution is 5.36. The molecule has 1 aromatic rings. The minimum atomic E-state index is -0.263. The summed E-state index contributed by atoms with van der Waals surface area (Å²) in [5.74, 6) is 0.977. The molecule has 1 aromatic heterocycles. The smallest absolute Gasteiger partial charge is 0.225 e. The maximum Gasteiger partial charge on any atom is 0.225 e. The van der Waals surface area contributed by atoms with E-state index < -0.39 is 0 Å². The Bertz CT molecular complexity index is 480. The molecule has 2 fully saturated rings. The maximum absolute atomic E-state index is 10.2. The quantitative estimate of drug-likeness (QED) is 0.887. The van der Waals surface area contributed by atoms with E-state index in [0.29, 0.717) is 19.3 Å². The van der Waals surface area contributed by atoms with Crippen LogP contribution >= 0.6 is 0 Å². The van der Waals surface area contributed by atoms with Crippen LogP contribution in [0.5, 0.6) is 0 Å². The molecule has 2 saturated heterocycles. The Morgan fingerprint density at radius 3 is 2.95 bits per heavy atom. The van der Waals surface area contributed by atoms with Crippen molar-refractivity contribution in [3.8, 4) is 0 Å². The predicted octanol–water partition coefficient (Wildman–Crippen LogP) is 1.46. The van der Waals surface area contributed by atoms with Crippen LogP contribution in [0.2, 0.25) is 0 Å². The molecule has 0 aromatic carbocycles. The van der Waals surface area contributed by atoms with Gasteiger partial charge in [0.1, 0.15) is 0 Å². The highest BCUT2D eigenvalue weighted by atomic mass is 16.5. The molecule has 0 aliphatic carbocycles. The summed E-state index contributed by atoms with van der Waals surface area (Å²) < 4.78 is 5.56. The van der Waals surface area contributed by atoms with Crippen LogP contribution in [0, 0.1) is 19.8 Å². The van der Waals surface area contributed by atoms with Crippen molar-refractivity contribution >= 4 is 5.95 Å². The Labute approximate surface area is 120 Å². The van der Waals surface area contributed by atoms with Crippen molar-refractivity contribution in [3.05, 3.63) is 17.5 Å². The average Bonchev–Trinajstić information content (AvgIpc) is 2.91. The van der Waals surface area contributed by atoms with Gasteiger partial charge in [-0.25, -0.2) is 9.97 Å². The summed E-state index contributed by atoms with van der Waals surface area (Å²) >= 11 is 0. The van der Waals surface area contributed by atoms with Crippen LogP contribution in [0.25, 0.3) is 0 Å². The molecule has 0 unspecified atom stereocenters. The van der Waals surface area contributed by atoms with Gasteiger partial charge in [0, 0.05) is 37.0 Å². The van der Waals surface area contributed by atoms with Gasteiger partial charge in [0.05, 0.1) is 12.7 Å². The van der Waals surface area contributed by atoms with Crippen molar-refractivity contribution in [2.45, 2.75) is 45.3 Å². The normalized spacial score (nSPS) is 30.8. The highest BCUT2D eigenvalue weighted by Gasteiger charge is 2.38. The number of hydrogen-bond acceptors (Lipinski definition) is 5. The molecule has 5 heteroatoms. The summed E-state index contributed by atoms with van der Waals surface area (Å²) in [5, 5.41) is 10.2. The first-order valence-corrected chi connectivity index (χ1v) is 7.49. The largest absolute Gasteiger partial charge is 0.393 e. The fourth-order valence-electron chi connectivity index (χ4n) is 3.26. The molecule has 2 aliphatic heterocycles. The first kappa shape index (κ1) is 13.8. The second-order valence-electron chi connectivity index (χ2n) is 5.94. The van der Waals surface area contributed by atoms with Gasteiger partial charge in [0.15, 0.2) is 0 Å². The van der Waals surface area contributed by atoms with Crippen LogP contribution in [-0.4, -0.2) is 47.0 Å². The number of anilines is 1. The fourth-order valence-corrected chi connectivity index (χ4v) is 3.26. The summed E-state index contributed by atoms with van der Waals surface area (Å²) in [6.07, 6.45) is 4.58. The molecule has 20 heavy (non-hydrogen) atoms. The molecule has 5 nitrogen and oxygen atoms in total. The predicted molar refractivity (Wildman–Crippen MR) is 76.8 cm³/mol. The van der Waals surface area contributed by atoms with Crippen LogP contribution in [0.4, 0.5) is 5.95 Å². The van der Waals surface area contributed by atoms with E-state index in [4.69, 9.17) is 4.74 Å². The van der Waals surface area contributed by atoms with Crippen LogP contribution in [-0.2, 0) is 4.74 Å². The molecule has 3 rings (SSSR count). The van der Waals surface area contributed by atoms with E-state index in [1.54, 1.807) is 0 Å². The Balaban J connectivity index is 1.82. The van der Waals surface area contributed by atoms with Crippen molar-refractivity contribution in [1.82, 2.24) is 9.97 Å². The lowest BCUT2D eigenvalue weighted by Crippen LogP contribution is -2.46. The first-order chi connectivity index (χ1) is 9.66. The Morgan fingerprint density at radius 1 is 1.35 bits per heavy atom. The minimum absolute atomic E-state index is 0.177. The van der Waals surface area contributed by atoms with Gasteiger partial charge in [-0.2, -0.15) is 0 Å². The summed E-state index contributed by atoms with van der Waals surface area (Å²) in [4.78, 5) is 11.4. The van der Waals surface area contributed by atoms with E-state index in [-0.39, 0.29) is 12.0 Å². The van der Waals surface area contributed by atoms with E-state index >= 15 is 0 Å². The van der Waals surface area contributed by atoms with Crippen LogP contribution in [0.1, 0.15) is 30.5 Å². The maximum atomic E-state index is 10.2. The van der Waals surface area contributed by atoms with Crippen molar-refractivity contribution in [3.63, 3.8) is 0 Å². The molecule has 0 bridgehead atoms. The van der Waals surface area contributed by atoms with Gasteiger partial charge >= 0.3 is 0 Å². The third kappa shape index (κ3) is 2.52. The van der Waals surface area contributed by atoms with Crippen LogP contribution in [0.3, 0.4) is 0 Å². The second-order valence-corrected chi connectivity index (χ2v) is 5.94. The monoisotopic (exact) mass is 277 g/mol. The fraction of sp³-hybridized carbons (Fsp3) is 0.733. The van der Waals surface area contributed by atoms with Crippen molar-refractivity contribution in [2.24, 2.45) is 5.92 Å². The van der Waals surface area contributed by atoms with E-state index in [1.165, 1.54) is 0 Å². The number of aromatic nitrogens is 2. The molecule has 0 amide bonds. The molecule has 0 spiro atoms. The van der Waals surface area contributed by atoms with E-state index in [9.17, 15) is 5.11 Å². The zero-order valence-corrected chi connectivity index (χ0v) is 12.2. The highest BCUT2D eigenvalue weighted by Crippen LogP contribution is 2.32. The van der Waals surface area contributed by atoms with Crippen molar-refractivity contribution < 1.29 is 9.84 Å². The van der Waals surface area contributed by atoms with Gasteiger partial charge in [-0.3, -0.25) is 0 Å². The average molecular weight is 277 g/mol. The lowest BCUT2D eigenvalue weighted by molar-refractivity contribution is -0.0438. The number of hydrogen-bond donors (Lipinski definition) is 1. The first-order valence-electron chi connectivity index (χ1n) is 7.49. The lowest BCUT2D eigenvalue weighted by atomic mass is 9.89. The third-order valence-electron chi connectivity index (χ3n) is 4.62. The number of nitrogens with zero attached hydrogens (tertiary/aromatic N) is 3. The summed E-state index contributed by atoms with van der Waals surface area (Å²) in [7, 11) is 0. The molecule has 3 atom stereocenters. The van der Waals surface area contributed by atoms with E-state index in [0.717, 1.165) is 43.0 Å². The summed E-state index contributed by atoms with van der Waals surface area (Å²) in [6.45, 7) is 6.33. The minimum Gasteiger partial charge on any atom is -0.393 e. The number of ether oxygens (including phenoxy) is 1. The van der Waals surface area contributed by atoms with Gasteiger partial charge in [0.25, 0.3) is 0 Å². The van der Waals surface area contributed by atoms with Gasteiger partial charge in [-0.15, -0.1) is 0 Å². The zero-order valence-electron chi connectivity index (χ0n) is 12.2. The number of aryl methyl sites for hydroxylation is 2. The Hall–Kier alpha value is -1.20. The molecule has 1 N–H and O–H groups in total. The Kier molecular flexibility index (Phi) is 3.89. The standard InChI is InChI=1S/C15H23N3O2/c1-10-8-16-15(17-11(10)2)18-6-3-4-13(18)12-9-20-7-5-14(12)19/h8,12-14,19H,3-7,9H2,1-2H3/t12-,13+,14+/m0/s1. The van der Waals surface area contributed by atoms with E-state index in [1.807, 2.05) is 20.0 Å². The lowest BCUT2D eigenvalue weighted by Gasteiger charge is -2.37. The van der Waals surface area contributed by atoms with Gasteiger partial charge < -0.3 is 14.7 Å². The second kappa shape index (κ2) is 5.66. The van der Waals surface area contributed by atoms with Gasteiger partial charge in [0.2, 0.25) is 5.95 Å². The topological polar surface area (TPSA) is 58.5 Å². The molecule has 2 aliphatic rings. The van der Waals surface area contributed by atoms with Gasteiger partial charge in [-0.1, -0.05) is 0 Å². The third-order valence-corrected chi connectivity index (χ3v) is 4.62. The van der Waals surface area contributed by atoms with Crippen molar-refractivity contribution in [1.29, 1.82) is 0 Å². The van der Waals surface area contributed by atoms with E-state index in [2.05, 4.69) is 14.9 Å². The number of aliphatic hydroxyl groups excluding tert-OH is 1. The molecule has 3 heterocycles. The number of aliphatic hydroxyl groups is 1. The summed E-state index contributed by atoms with van der Waals surface area (Å²) in [6, 6.07) is 0.299. The molecule has 110 valence electrons. The zero-order chi connectivity index (χ0) is 14.1. The molecule has 0 radical (unpaired) electrons. The van der Waals surface area contributed by atoms with Crippen LogP contribution in [0.15, 0.2) is 6.20 Å². The van der Waals surface area contributed by atoms with Crippen LogP contribution < -0.4 is 4.90 Å². The SMILES string of the molecule is Cc1cnc(N2CCC[C@@H]2[C@@H]2COCC[C@H]2O)nc1C. The van der Waals surface area contributed by atoms with Crippen molar-refractivity contribution in [2.75, 3.05) is 24.7 Å². The molecule has 0 saturated carbocycles. The van der Waals surface area contributed by atoms with Gasteiger partial charge in [-0.05, 0) is 38.7 Å².